The van der Waals surface area contributed by atoms with Crippen molar-refractivity contribution in [1.29, 1.82) is 0 Å². The van der Waals surface area contributed by atoms with Gasteiger partial charge in [-0.3, -0.25) is 4.79 Å². The Balaban J connectivity index is 2.13. The van der Waals surface area contributed by atoms with Crippen molar-refractivity contribution in [2.45, 2.75) is 52.6 Å². The largest absolute Gasteiger partial charge is 0.460 e. The molecule has 0 N–H and O–H groups in total. The summed E-state index contributed by atoms with van der Waals surface area (Å²) in [4.78, 5) is 13.0. The molecule has 0 aromatic heterocycles. The molecule has 0 radical (unpaired) electrons. The third kappa shape index (κ3) is 5.87. The fourth-order valence-electron chi connectivity index (χ4n) is 2.76. The van der Waals surface area contributed by atoms with Gasteiger partial charge in [0.25, 0.3) is 0 Å². The van der Waals surface area contributed by atoms with Crippen LogP contribution in [0.4, 0.5) is 0 Å². The summed E-state index contributed by atoms with van der Waals surface area (Å²) < 4.78 is 5.67. The topological polar surface area (TPSA) is 26.3 Å². The molecule has 0 spiro atoms. The first-order chi connectivity index (χ1) is 12.3. The minimum absolute atomic E-state index is 0.187. The Morgan fingerprint density at radius 3 is 1.96 bits per heavy atom. The lowest BCUT2D eigenvalue weighted by Crippen LogP contribution is -2.34. The van der Waals surface area contributed by atoms with Gasteiger partial charge in [0.15, 0.2) is 0 Å². The molecule has 0 saturated heterocycles. The number of benzene rings is 2. The van der Waals surface area contributed by atoms with Gasteiger partial charge in [-0.25, -0.2) is 0 Å². The van der Waals surface area contributed by atoms with Gasteiger partial charge in [-0.1, -0.05) is 93.6 Å². The molecule has 2 nitrogen and oxygen atoms in total. The van der Waals surface area contributed by atoms with E-state index in [2.05, 4.69) is 32.9 Å². The van der Waals surface area contributed by atoms with E-state index in [1.54, 1.807) is 0 Å². The summed E-state index contributed by atoms with van der Waals surface area (Å²) in [6, 6.07) is 19.7. The first kappa shape index (κ1) is 20.0. The zero-order valence-electron chi connectivity index (χ0n) is 16.4. The Labute approximate surface area is 157 Å². The van der Waals surface area contributed by atoms with Crippen molar-refractivity contribution in [3.05, 3.63) is 83.9 Å². The molecule has 0 aliphatic rings. The summed E-state index contributed by atoms with van der Waals surface area (Å²) in [6.07, 6.45) is 5.89. The summed E-state index contributed by atoms with van der Waals surface area (Å²) in [5.41, 5.74) is 1.54. The van der Waals surface area contributed by atoms with Crippen molar-refractivity contribution >= 4 is 5.97 Å². The van der Waals surface area contributed by atoms with Crippen LogP contribution in [-0.2, 0) is 21.6 Å². The summed E-state index contributed by atoms with van der Waals surface area (Å²) in [7, 11) is 0. The molecule has 2 heteroatoms. The molecule has 1 atom stereocenters. The number of hydrogen-bond donors (Lipinski definition) is 0. The van der Waals surface area contributed by atoms with Crippen LogP contribution in [0.1, 0.15) is 51.7 Å². The number of hydrogen-bond acceptors (Lipinski definition) is 2. The highest BCUT2D eigenvalue weighted by Gasteiger charge is 2.35. The standard InChI is InChI=1S/C24H30O2/c1-23(2,3)17-11-12-18-24(4,21-15-9-6-10-16-21)22(25)26-19-20-13-7-5-8-14-20/h5-16H,17-19H2,1-4H3. The molecule has 0 fully saturated rings. The van der Waals surface area contributed by atoms with Crippen LogP contribution < -0.4 is 0 Å². The van der Waals surface area contributed by atoms with Gasteiger partial charge in [0.2, 0.25) is 0 Å². The molecule has 0 heterocycles. The molecule has 0 aliphatic carbocycles. The van der Waals surface area contributed by atoms with Crippen molar-refractivity contribution in [1.82, 2.24) is 0 Å². The van der Waals surface area contributed by atoms with Gasteiger partial charge < -0.3 is 4.74 Å². The number of esters is 1. The Bertz CT molecular complexity index is 711. The van der Waals surface area contributed by atoms with Crippen LogP contribution in [0.15, 0.2) is 72.8 Å². The summed E-state index contributed by atoms with van der Waals surface area (Å²) in [6.45, 7) is 8.90. The SMILES string of the molecule is CC(C)(C)CC=CCC(C)(C(=O)OCc1ccccc1)c1ccccc1. The summed E-state index contributed by atoms with van der Waals surface area (Å²) >= 11 is 0. The second-order valence-electron chi connectivity index (χ2n) is 8.20. The van der Waals surface area contributed by atoms with E-state index in [4.69, 9.17) is 4.74 Å². The molecule has 2 rings (SSSR count). The van der Waals surface area contributed by atoms with Crippen molar-refractivity contribution < 1.29 is 9.53 Å². The van der Waals surface area contributed by atoms with Crippen LogP contribution in [0.5, 0.6) is 0 Å². The lowest BCUT2D eigenvalue weighted by atomic mass is 9.79. The normalized spacial score (nSPS) is 14.2. The van der Waals surface area contributed by atoms with Gasteiger partial charge in [-0.2, -0.15) is 0 Å². The fourth-order valence-corrected chi connectivity index (χ4v) is 2.76. The summed E-state index contributed by atoms with van der Waals surface area (Å²) in [5, 5.41) is 0. The first-order valence-corrected chi connectivity index (χ1v) is 9.23. The molecular weight excluding hydrogens is 320 g/mol. The van der Waals surface area contributed by atoms with Crippen LogP contribution in [0.3, 0.4) is 0 Å². The Kier molecular flexibility index (Phi) is 6.79. The zero-order chi connectivity index (χ0) is 19.0. The number of carbonyl (C=O) groups is 1. The Morgan fingerprint density at radius 1 is 0.846 bits per heavy atom. The minimum Gasteiger partial charge on any atom is -0.460 e. The molecular formula is C24H30O2. The number of ether oxygens (including phenoxy) is 1. The molecule has 138 valence electrons. The number of carbonyl (C=O) groups excluding carboxylic acids is 1. The molecule has 0 saturated carbocycles. The minimum atomic E-state index is -0.690. The number of allylic oxidation sites excluding steroid dienone is 2. The average Bonchev–Trinajstić information content (AvgIpc) is 2.64. The van der Waals surface area contributed by atoms with E-state index in [9.17, 15) is 4.79 Å². The second kappa shape index (κ2) is 8.84. The maximum atomic E-state index is 13.0. The molecule has 1 unspecified atom stereocenters. The van der Waals surface area contributed by atoms with E-state index in [0.717, 1.165) is 17.5 Å². The van der Waals surface area contributed by atoms with E-state index >= 15 is 0 Å². The van der Waals surface area contributed by atoms with Crippen LogP contribution in [0.25, 0.3) is 0 Å². The smallest absolute Gasteiger partial charge is 0.316 e. The van der Waals surface area contributed by atoms with Crippen molar-refractivity contribution in [2.75, 3.05) is 0 Å². The predicted molar refractivity (Wildman–Crippen MR) is 108 cm³/mol. The Morgan fingerprint density at radius 2 is 1.38 bits per heavy atom. The van der Waals surface area contributed by atoms with Crippen LogP contribution in [-0.4, -0.2) is 5.97 Å². The monoisotopic (exact) mass is 350 g/mol. The van der Waals surface area contributed by atoms with E-state index in [-0.39, 0.29) is 11.4 Å². The van der Waals surface area contributed by atoms with E-state index in [1.165, 1.54) is 0 Å². The first-order valence-electron chi connectivity index (χ1n) is 9.23. The Hall–Kier alpha value is -2.35. The maximum Gasteiger partial charge on any atom is 0.316 e. The second-order valence-corrected chi connectivity index (χ2v) is 8.20. The van der Waals surface area contributed by atoms with Gasteiger partial charge in [0.1, 0.15) is 6.61 Å². The molecule has 2 aromatic carbocycles. The molecule has 0 amide bonds. The number of rotatable bonds is 7. The molecule has 0 aliphatic heterocycles. The van der Waals surface area contributed by atoms with E-state index in [1.807, 2.05) is 67.6 Å². The maximum absolute atomic E-state index is 13.0. The van der Waals surface area contributed by atoms with Gasteiger partial charge in [-0.15, -0.1) is 0 Å². The highest BCUT2D eigenvalue weighted by molar-refractivity contribution is 5.83. The highest BCUT2D eigenvalue weighted by Crippen LogP contribution is 2.31. The van der Waals surface area contributed by atoms with Crippen molar-refractivity contribution in [3.63, 3.8) is 0 Å². The summed E-state index contributed by atoms with van der Waals surface area (Å²) in [5.74, 6) is -0.187. The van der Waals surface area contributed by atoms with E-state index in [0.29, 0.717) is 13.0 Å². The third-order valence-corrected chi connectivity index (χ3v) is 4.50. The van der Waals surface area contributed by atoms with Gasteiger partial charge in [0.05, 0.1) is 5.41 Å². The van der Waals surface area contributed by atoms with Gasteiger partial charge in [-0.05, 0) is 36.3 Å². The van der Waals surface area contributed by atoms with Crippen LogP contribution in [0, 0.1) is 5.41 Å². The van der Waals surface area contributed by atoms with Crippen LogP contribution in [0.2, 0.25) is 0 Å². The van der Waals surface area contributed by atoms with Crippen molar-refractivity contribution in [2.24, 2.45) is 5.41 Å². The van der Waals surface area contributed by atoms with E-state index < -0.39 is 5.41 Å². The van der Waals surface area contributed by atoms with Crippen LogP contribution >= 0.6 is 0 Å². The predicted octanol–water partition coefficient (Wildman–Crippen LogP) is 6.07. The highest BCUT2D eigenvalue weighted by atomic mass is 16.5. The lowest BCUT2D eigenvalue weighted by Gasteiger charge is -2.27. The quantitative estimate of drug-likeness (QED) is 0.447. The van der Waals surface area contributed by atoms with Gasteiger partial charge >= 0.3 is 5.97 Å². The average molecular weight is 351 g/mol. The molecule has 0 bridgehead atoms. The third-order valence-electron chi connectivity index (χ3n) is 4.50. The zero-order valence-corrected chi connectivity index (χ0v) is 16.4. The van der Waals surface area contributed by atoms with Gasteiger partial charge in [0, 0.05) is 0 Å². The van der Waals surface area contributed by atoms with Crippen molar-refractivity contribution in [3.8, 4) is 0 Å². The fraction of sp³-hybridized carbons (Fsp3) is 0.375. The molecule has 2 aromatic rings. The lowest BCUT2D eigenvalue weighted by molar-refractivity contribution is -0.151. The molecule has 26 heavy (non-hydrogen) atoms.